The minimum absolute atomic E-state index is 0.0129. The first kappa shape index (κ1) is 18.7. The van der Waals surface area contributed by atoms with Crippen molar-refractivity contribution in [1.29, 1.82) is 5.26 Å². The van der Waals surface area contributed by atoms with Gasteiger partial charge in [0.15, 0.2) is 0 Å². The number of hydrogen-bond donors (Lipinski definition) is 1. The number of non-ortho nitro benzene ring substituents is 1. The largest absolute Gasteiger partial charge is 0.495 e. The molecule has 0 saturated carbocycles. The average Bonchev–Trinajstić information content (AvgIpc) is 2.66. The third-order valence-corrected chi connectivity index (χ3v) is 3.75. The minimum atomic E-state index is -0.560. The molecule has 2 rings (SSSR count). The number of nitriles is 1. The van der Waals surface area contributed by atoms with E-state index in [2.05, 4.69) is 5.32 Å². The summed E-state index contributed by atoms with van der Waals surface area (Å²) in [5.74, 6) is 0.246. The van der Waals surface area contributed by atoms with Crippen LogP contribution >= 0.6 is 0 Å². The van der Waals surface area contributed by atoms with Crippen molar-refractivity contribution >= 4 is 23.0 Å². The van der Waals surface area contributed by atoms with Gasteiger partial charge in [-0.25, -0.2) is 0 Å². The number of carbonyl (C=O) groups is 1. The molecule has 1 amide bonds. The Kier molecular flexibility index (Phi) is 6.11. The number of methoxy groups -OCH3 is 1. The van der Waals surface area contributed by atoms with Crippen molar-refractivity contribution < 1.29 is 14.5 Å². The predicted octanol–water partition coefficient (Wildman–Crippen LogP) is 2.94. The van der Waals surface area contributed by atoms with Gasteiger partial charge < -0.3 is 15.0 Å². The van der Waals surface area contributed by atoms with E-state index in [1.165, 1.54) is 25.3 Å². The number of carbonyl (C=O) groups excluding carboxylic acids is 1. The van der Waals surface area contributed by atoms with Crippen LogP contribution in [0.4, 0.5) is 17.1 Å². The lowest BCUT2D eigenvalue weighted by atomic mass is 10.1. The number of amides is 1. The van der Waals surface area contributed by atoms with Gasteiger partial charge >= 0.3 is 0 Å². The number of anilines is 2. The van der Waals surface area contributed by atoms with Crippen LogP contribution in [0.25, 0.3) is 0 Å². The third kappa shape index (κ3) is 4.27. The number of nitrogens with one attached hydrogen (secondary N) is 1. The number of nitro benzene ring substituents is 1. The molecule has 0 heterocycles. The fraction of sp³-hybridized carbons (Fsp3) is 0.222. The zero-order valence-corrected chi connectivity index (χ0v) is 14.4. The van der Waals surface area contributed by atoms with Crippen LogP contribution in [-0.4, -0.2) is 31.0 Å². The molecule has 0 bridgehead atoms. The monoisotopic (exact) mass is 354 g/mol. The van der Waals surface area contributed by atoms with E-state index < -0.39 is 4.92 Å². The van der Waals surface area contributed by atoms with Gasteiger partial charge in [-0.1, -0.05) is 12.1 Å². The van der Waals surface area contributed by atoms with E-state index in [0.717, 1.165) is 0 Å². The molecule has 0 aliphatic carbocycles. The van der Waals surface area contributed by atoms with Crippen molar-refractivity contribution in [3.05, 3.63) is 58.1 Å². The molecule has 8 heteroatoms. The van der Waals surface area contributed by atoms with E-state index in [1.54, 1.807) is 29.2 Å². The summed E-state index contributed by atoms with van der Waals surface area (Å²) >= 11 is 0. The van der Waals surface area contributed by atoms with E-state index in [-0.39, 0.29) is 23.7 Å². The van der Waals surface area contributed by atoms with Crippen LogP contribution in [0.2, 0.25) is 0 Å². The molecule has 2 aromatic rings. The third-order valence-electron chi connectivity index (χ3n) is 3.75. The van der Waals surface area contributed by atoms with Crippen molar-refractivity contribution in [1.82, 2.24) is 0 Å². The summed E-state index contributed by atoms with van der Waals surface area (Å²) in [6.07, 6.45) is 0. The second kappa shape index (κ2) is 8.48. The minimum Gasteiger partial charge on any atom is -0.495 e. The van der Waals surface area contributed by atoms with E-state index >= 15 is 0 Å². The fourth-order valence-corrected chi connectivity index (χ4v) is 2.48. The van der Waals surface area contributed by atoms with Gasteiger partial charge in [0.1, 0.15) is 11.8 Å². The molecule has 0 atom stereocenters. The number of benzene rings is 2. The maximum Gasteiger partial charge on any atom is 0.270 e. The highest BCUT2D eigenvalue weighted by Gasteiger charge is 2.17. The molecule has 0 aliphatic heterocycles. The number of para-hydroxylation sites is 2. The molecule has 134 valence electrons. The zero-order valence-electron chi connectivity index (χ0n) is 14.4. The molecule has 1 N–H and O–H groups in total. The molecule has 2 aromatic carbocycles. The topological polar surface area (TPSA) is 108 Å². The molecule has 0 aliphatic rings. The second-order valence-electron chi connectivity index (χ2n) is 5.33. The van der Waals surface area contributed by atoms with Gasteiger partial charge in [0.2, 0.25) is 5.91 Å². The van der Waals surface area contributed by atoms with Gasteiger partial charge in [-0.15, -0.1) is 0 Å². The summed E-state index contributed by atoms with van der Waals surface area (Å²) in [6, 6.07) is 13.0. The molecule has 0 aromatic heterocycles. The van der Waals surface area contributed by atoms with E-state index in [4.69, 9.17) is 4.74 Å². The van der Waals surface area contributed by atoms with Crippen LogP contribution in [0.5, 0.6) is 5.75 Å². The predicted molar refractivity (Wildman–Crippen MR) is 97.3 cm³/mol. The molecule has 0 saturated heterocycles. The Bertz CT molecular complexity index is 861. The smallest absolute Gasteiger partial charge is 0.270 e. The van der Waals surface area contributed by atoms with Crippen LogP contribution in [0.1, 0.15) is 12.5 Å². The van der Waals surface area contributed by atoms with Crippen LogP contribution in [0.15, 0.2) is 42.5 Å². The lowest BCUT2D eigenvalue weighted by Gasteiger charge is -2.23. The molecule has 0 spiro atoms. The number of likely N-dealkylation sites (N-methyl/N-ethyl adjacent to an activating group) is 1. The highest BCUT2D eigenvalue weighted by molar-refractivity contribution is 5.95. The lowest BCUT2D eigenvalue weighted by Crippen LogP contribution is -2.33. The zero-order chi connectivity index (χ0) is 19.1. The second-order valence-corrected chi connectivity index (χ2v) is 5.33. The van der Waals surface area contributed by atoms with Gasteiger partial charge in [-0.2, -0.15) is 5.26 Å². The lowest BCUT2D eigenvalue weighted by molar-refractivity contribution is -0.384. The van der Waals surface area contributed by atoms with Crippen molar-refractivity contribution in [2.75, 3.05) is 30.4 Å². The molecular weight excluding hydrogens is 336 g/mol. The Labute approximate surface area is 150 Å². The van der Waals surface area contributed by atoms with Crippen molar-refractivity contribution in [2.24, 2.45) is 0 Å². The van der Waals surface area contributed by atoms with Crippen LogP contribution in [-0.2, 0) is 4.79 Å². The first-order chi connectivity index (χ1) is 12.5. The number of rotatable bonds is 7. The number of nitrogens with zero attached hydrogens (tertiary/aromatic N) is 3. The molecular formula is C18H18N4O4. The molecule has 26 heavy (non-hydrogen) atoms. The molecule has 0 fully saturated rings. The highest BCUT2D eigenvalue weighted by Crippen LogP contribution is 2.26. The molecule has 8 nitrogen and oxygen atoms in total. The van der Waals surface area contributed by atoms with Crippen molar-refractivity contribution in [3.8, 4) is 11.8 Å². The van der Waals surface area contributed by atoms with Gasteiger partial charge in [-0.3, -0.25) is 14.9 Å². The molecule has 0 radical (unpaired) electrons. The van der Waals surface area contributed by atoms with Gasteiger partial charge in [0.05, 0.1) is 35.5 Å². The maximum absolute atomic E-state index is 12.4. The summed E-state index contributed by atoms with van der Waals surface area (Å²) in [6.45, 7) is 2.27. The van der Waals surface area contributed by atoms with Crippen LogP contribution in [0, 0.1) is 21.4 Å². The number of ether oxygens (including phenoxy) is 1. The Morgan fingerprint density at radius 3 is 2.69 bits per heavy atom. The first-order valence-electron chi connectivity index (χ1n) is 7.86. The Morgan fingerprint density at radius 2 is 2.08 bits per heavy atom. The Balaban J connectivity index is 2.20. The van der Waals surface area contributed by atoms with Crippen LogP contribution < -0.4 is 15.0 Å². The summed E-state index contributed by atoms with van der Waals surface area (Å²) in [5, 5.41) is 22.9. The molecule has 0 unspecified atom stereocenters. The summed E-state index contributed by atoms with van der Waals surface area (Å²) in [7, 11) is 1.51. The summed E-state index contributed by atoms with van der Waals surface area (Å²) in [4.78, 5) is 24.4. The van der Waals surface area contributed by atoms with Crippen molar-refractivity contribution in [2.45, 2.75) is 6.92 Å². The van der Waals surface area contributed by atoms with Gasteiger partial charge in [0.25, 0.3) is 5.69 Å². The van der Waals surface area contributed by atoms with Gasteiger partial charge in [-0.05, 0) is 25.1 Å². The Hall–Kier alpha value is -3.60. The quantitative estimate of drug-likeness (QED) is 0.605. The standard InChI is InChI=1S/C18H18N4O4/c1-3-21(16-9-8-14(22(24)25)10-13(16)11-19)12-18(23)20-15-6-4-5-7-17(15)26-2/h4-10H,3,12H2,1-2H3,(H,20,23). The van der Waals surface area contributed by atoms with E-state index in [1.807, 2.05) is 13.0 Å². The van der Waals surface area contributed by atoms with Crippen LogP contribution in [0.3, 0.4) is 0 Å². The van der Waals surface area contributed by atoms with E-state index in [0.29, 0.717) is 23.7 Å². The first-order valence-corrected chi connectivity index (χ1v) is 7.86. The summed E-state index contributed by atoms with van der Waals surface area (Å²) < 4.78 is 5.20. The number of hydrogen-bond acceptors (Lipinski definition) is 6. The maximum atomic E-state index is 12.4. The Morgan fingerprint density at radius 1 is 1.35 bits per heavy atom. The average molecular weight is 354 g/mol. The normalized spacial score (nSPS) is 9.88. The number of nitro groups is 1. The van der Waals surface area contributed by atoms with Gasteiger partial charge in [0, 0.05) is 18.7 Å². The highest BCUT2D eigenvalue weighted by atomic mass is 16.6. The van der Waals surface area contributed by atoms with Crippen molar-refractivity contribution in [3.63, 3.8) is 0 Å². The van der Waals surface area contributed by atoms with E-state index in [9.17, 15) is 20.2 Å². The SMILES string of the molecule is CCN(CC(=O)Nc1ccccc1OC)c1ccc([N+](=O)[O-])cc1C#N. The summed E-state index contributed by atoms with van der Waals surface area (Å²) in [5.41, 5.74) is 0.988. The fourth-order valence-electron chi connectivity index (χ4n) is 2.48.